The third-order valence-electron chi connectivity index (χ3n) is 4.42. The van der Waals surface area contributed by atoms with Crippen LogP contribution < -0.4 is 5.32 Å². The highest BCUT2D eigenvalue weighted by Crippen LogP contribution is 2.22. The predicted octanol–water partition coefficient (Wildman–Crippen LogP) is 2.72. The van der Waals surface area contributed by atoms with Gasteiger partial charge in [0.15, 0.2) is 15.6 Å². The molecule has 3 rings (SSSR count). The van der Waals surface area contributed by atoms with Crippen molar-refractivity contribution in [1.82, 2.24) is 5.32 Å². The van der Waals surface area contributed by atoms with Crippen LogP contribution in [0.2, 0.25) is 0 Å². The number of benzene rings is 1. The van der Waals surface area contributed by atoms with E-state index in [-0.39, 0.29) is 29.3 Å². The van der Waals surface area contributed by atoms with Gasteiger partial charge in [-0.1, -0.05) is 25.1 Å². The SMILES string of the molecule is CCc1ccccc1S(=O)(=O)Cc1ccc(C(=O)NC[C@H]2CCCO2)o1. The molecule has 0 aliphatic carbocycles. The largest absolute Gasteiger partial charge is 0.455 e. The van der Waals surface area contributed by atoms with Crippen molar-refractivity contribution in [2.75, 3.05) is 13.2 Å². The van der Waals surface area contributed by atoms with Gasteiger partial charge >= 0.3 is 0 Å². The van der Waals surface area contributed by atoms with Crippen LogP contribution in [0.25, 0.3) is 0 Å². The maximum atomic E-state index is 12.7. The first-order valence-electron chi connectivity index (χ1n) is 8.79. The molecule has 2 heterocycles. The van der Waals surface area contributed by atoms with Crippen LogP contribution >= 0.6 is 0 Å². The Labute approximate surface area is 153 Å². The molecule has 1 aromatic heterocycles. The van der Waals surface area contributed by atoms with Crippen molar-refractivity contribution in [3.63, 3.8) is 0 Å². The average molecular weight is 377 g/mol. The highest BCUT2D eigenvalue weighted by molar-refractivity contribution is 7.90. The van der Waals surface area contributed by atoms with Gasteiger partial charge in [0.25, 0.3) is 5.91 Å². The van der Waals surface area contributed by atoms with E-state index in [9.17, 15) is 13.2 Å². The number of hydrogen-bond acceptors (Lipinski definition) is 5. The molecule has 1 aromatic carbocycles. The first-order chi connectivity index (χ1) is 12.5. The molecular formula is C19H23NO5S. The molecule has 1 saturated heterocycles. The van der Waals surface area contributed by atoms with E-state index in [2.05, 4.69) is 5.32 Å². The Hall–Kier alpha value is -2.12. The summed E-state index contributed by atoms with van der Waals surface area (Å²) in [7, 11) is -3.54. The molecule has 0 bridgehead atoms. The van der Waals surface area contributed by atoms with Gasteiger partial charge in [-0.25, -0.2) is 8.42 Å². The van der Waals surface area contributed by atoms with Gasteiger partial charge in [-0.05, 0) is 43.0 Å². The molecule has 1 amide bonds. The number of carbonyl (C=O) groups excluding carboxylic acids is 1. The summed E-state index contributed by atoms with van der Waals surface area (Å²) >= 11 is 0. The molecule has 0 unspecified atom stereocenters. The van der Waals surface area contributed by atoms with Gasteiger partial charge in [0.2, 0.25) is 0 Å². The van der Waals surface area contributed by atoms with Gasteiger partial charge in [-0.2, -0.15) is 0 Å². The fourth-order valence-corrected chi connectivity index (χ4v) is 4.62. The highest BCUT2D eigenvalue weighted by atomic mass is 32.2. The summed E-state index contributed by atoms with van der Waals surface area (Å²) in [4.78, 5) is 12.4. The Morgan fingerprint density at radius 2 is 2.04 bits per heavy atom. The highest BCUT2D eigenvalue weighted by Gasteiger charge is 2.22. The second-order valence-corrected chi connectivity index (χ2v) is 8.29. The summed E-state index contributed by atoms with van der Waals surface area (Å²) in [6.07, 6.45) is 2.60. The van der Waals surface area contributed by atoms with E-state index in [1.807, 2.05) is 13.0 Å². The second kappa shape index (κ2) is 8.05. The fourth-order valence-electron chi connectivity index (χ4n) is 3.04. The molecule has 2 aromatic rings. The van der Waals surface area contributed by atoms with E-state index < -0.39 is 9.84 Å². The number of ether oxygens (including phenoxy) is 1. The van der Waals surface area contributed by atoms with Gasteiger partial charge in [-0.15, -0.1) is 0 Å². The van der Waals surface area contributed by atoms with Crippen LogP contribution in [-0.4, -0.2) is 33.6 Å². The number of amides is 1. The van der Waals surface area contributed by atoms with Gasteiger partial charge in [0.05, 0.1) is 11.0 Å². The van der Waals surface area contributed by atoms with E-state index in [1.165, 1.54) is 12.1 Å². The zero-order chi connectivity index (χ0) is 18.6. The average Bonchev–Trinajstić information content (AvgIpc) is 3.31. The van der Waals surface area contributed by atoms with Crippen LogP contribution in [0.15, 0.2) is 45.7 Å². The number of sulfone groups is 1. The molecule has 0 radical (unpaired) electrons. The van der Waals surface area contributed by atoms with Crippen LogP contribution in [0.4, 0.5) is 0 Å². The van der Waals surface area contributed by atoms with E-state index >= 15 is 0 Å². The van der Waals surface area contributed by atoms with Crippen molar-refractivity contribution >= 4 is 15.7 Å². The number of hydrogen-bond donors (Lipinski definition) is 1. The quantitative estimate of drug-likeness (QED) is 0.802. The zero-order valence-electron chi connectivity index (χ0n) is 14.7. The van der Waals surface area contributed by atoms with Crippen molar-refractivity contribution in [2.24, 2.45) is 0 Å². The molecule has 26 heavy (non-hydrogen) atoms. The normalized spacial score (nSPS) is 17.3. The van der Waals surface area contributed by atoms with E-state index in [1.54, 1.807) is 18.2 Å². The van der Waals surface area contributed by atoms with Crippen LogP contribution in [0, 0.1) is 0 Å². The molecule has 0 saturated carbocycles. The molecule has 6 nitrogen and oxygen atoms in total. The maximum Gasteiger partial charge on any atom is 0.287 e. The molecular weight excluding hydrogens is 354 g/mol. The van der Waals surface area contributed by atoms with Crippen molar-refractivity contribution in [1.29, 1.82) is 0 Å². The Bertz CT molecular complexity index is 866. The molecule has 1 aliphatic heterocycles. The summed E-state index contributed by atoms with van der Waals surface area (Å²) in [5, 5.41) is 2.76. The lowest BCUT2D eigenvalue weighted by Crippen LogP contribution is -2.31. The Morgan fingerprint density at radius 1 is 1.23 bits per heavy atom. The Morgan fingerprint density at radius 3 is 2.77 bits per heavy atom. The van der Waals surface area contributed by atoms with Gasteiger partial charge in [-0.3, -0.25) is 4.79 Å². The lowest BCUT2D eigenvalue weighted by atomic mass is 10.2. The van der Waals surface area contributed by atoms with E-state index in [4.69, 9.17) is 9.15 Å². The summed E-state index contributed by atoms with van der Waals surface area (Å²) in [5.74, 6) is -0.281. The van der Waals surface area contributed by atoms with Gasteiger partial charge in [0, 0.05) is 13.2 Å². The van der Waals surface area contributed by atoms with Crippen LogP contribution in [-0.2, 0) is 26.7 Å². The lowest BCUT2D eigenvalue weighted by Gasteiger charge is -2.09. The van der Waals surface area contributed by atoms with Gasteiger partial charge < -0.3 is 14.5 Å². The second-order valence-electron chi connectivity index (χ2n) is 6.33. The number of aryl methyl sites for hydroxylation is 1. The smallest absolute Gasteiger partial charge is 0.287 e. The number of nitrogens with one attached hydrogen (secondary N) is 1. The molecule has 1 N–H and O–H groups in total. The Kier molecular flexibility index (Phi) is 5.78. The summed E-state index contributed by atoms with van der Waals surface area (Å²) < 4.78 is 36.3. The fraction of sp³-hybridized carbons (Fsp3) is 0.421. The minimum atomic E-state index is -3.54. The van der Waals surface area contributed by atoms with Crippen molar-refractivity contribution in [3.8, 4) is 0 Å². The number of carbonyl (C=O) groups is 1. The van der Waals surface area contributed by atoms with Crippen LogP contribution in [0.5, 0.6) is 0 Å². The summed E-state index contributed by atoms with van der Waals surface area (Å²) in [6.45, 7) is 3.07. The first-order valence-corrected chi connectivity index (χ1v) is 10.4. The maximum absolute atomic E-state index is 12.7. The lowest BCUT2D eigenvalue weighted by molar-refractivity contribution is 0.0834. The van der Waals surface area contributed by atoms with Crippen LogP contribution in [0.1, 0.15) is 41.6 Å². The molecule has 1 atom stereocenters. The van der Waals surface area contributed by atoms with Crippen LogP contribution in [0.3, 0.4) is 0 Å². The minimum absolute atomic E-state index is 0.0410. The predicted molar refractivity (Wildman–Crippen MR) is 96.7 cm³/mol. The molecule has 1 aliphatic rings. The molecule has 140 valence electrons. The first kappa shape index (κ1) is 18.7. The van der Waals surface area contributed by atoms with Crippen molar-refractivity contribution < 1.29 is 22.4 Å². The molecule has 7 heteroatoms. The zero-order valence-corrected chi connectivity index (χ0v) is 15.6. The Balaban J connectivity index is 1.66. The summed E-state index contributed by atoms with van der Waals surface area (Å²) in [5.41, 5.74) is 0.772. The van der Waals surface area contributed by atoms with Gasteiger partial charge in [0.1, 0.15) is 11.5 Å². The monoisotopic (exact) mass is 377 g/mol. The third-order valence-corrected chi connectivity index (χ3v) is 6.15. The van der Waals surface area contributed by atoms with Crippen molar-refractivity contribution in [2.45, 2.75) is 42.9 Å². The third kappa shape index (κ3) is 4.34. The topological polar surface area (TPSA) is 85.6 Å². The van der Waals surface area contributed by atoms with E-state index in [0.717, 1.165) is 25.0 Å². The number of rotatable bonds is 7. The van der Waals surface area contributed by atoms with E-state index in [0.29, 0.717) is 17.9 Å². The molecule has 1 fully saturated rings. The minimum Gasteiger partial charge on any atom is -0.455 e. The summed E-state index contributed by atoms with van der Waals surface area (Å²) in [6, 6.07) is 9.97. The standard InChI is InChI=1S/C19H23NO5S/c1-2-14-6-3-4-8-18(14)26(22,23)13-16-9-10-17(25-16)19(21)20-12-15-7-5-11-24-15/h3-4,6,8-10,15H,2,5,7,11-13H2,1H3,(H,20,21)/t15-/m1/s1. The molecule has 0 spiro atoms. The van der Waals surface area contributed by atoms with Crippen molar-refractivity contribution in [3.05, 3.63) is 53.5 Å². The number of furan rings is 1.